The number of rotatable bonds is 10. The summed E-state index contributed by atoms with van der Waals surface area (Å²) in [7, 11) is -0.813. The number of nitrogens with zero attached hydrogens (tertiary/aromatic N) is 1. The Bertz CT molecular complexity index is 1600. The van der Waals surface area contributed by atoms with Crippen molar-refractivity contribution in [2.24, 2.45) is 0 Å². The summed E-state index contributed by atoms with van der Waals surface area (Å²) in [6, 6.07) is 4.72. The lowest BCUT2D eigenvalue weighted by atomic mass is 9.97. The molecule has 0 aromatic heterocycles. The fraction of sp³-hybridized carbons (Fsp3) is 0.296. The zero-order chi connectivity index (χ0) is 30.1. The fourth-order valence-corrected chi connectivity index (χ4v) is 5.88. The first-order valence-corrected chi connectivity index (χ1v) is 14.0. The van der Waals surface area contributed by atoms with E-state index in [9.17, 15) is 27.1 Å². The van der Waals surface area contributed by atoms with E-state index in [-0.39, 0.29) is 22.4 Å². The molecule has 1 atom stereocenters. The summed E-state index contributed by atoms with van der Waals surface area (Å²) in [4.78, 5) is 14.0. The smallest absolute Gasteiger partial charge is 0.262 e. The molecule has 0 saturated heterocycles. The number of hydrazine groups is 1. The predicted molar refractivity (Wildman–Crippen MR) is 145 cm³/mol. The van der Waals surface area contributed by atoms with E-state index in [1.165, 1.54) is 13.0 Å². The molecular formula is C27H29F4N5O4S. The minimum atomic E-state index is -4.61. The van der Waals surface area contributed by atoms with E-state index in [1.54, 1.807) is 0 Å². The number of halogens is 4. The molecule has 0 bridgehead atoms. The monoisotopic (exact) mass is 595 g/mol. The summed E-state index contributed by atoms with van der Waals surface area (Å²) in [5.74, 6) is -5.01. The summed E-state index contributed by atoms with van der Waals surface area (Å²) in [5.41, 5.74) is 3.19. The first kappa shape index (κ1) is 30.2. The minimum absolute atomic E-state index is 0.00696. The van der Waals surface area contributed by atoms with Crippen LogP contribution >= 0.6 is 0 Å². The van der Waals surface area contributed by atoms with Gasteiger partial charge in [-0.2, -0.15) is 0 Å². The van der Waals surface area contributed by atoms with Gasteiger partial charge in [0, 0.05) is 17.7 Å². The second-order valence-electron chi connectivity index (χ2n) is 9.78. The third-order valence-electron chi connectivity index (χ3n) is 6.67. The number of nitrogens with one attached hydrogen (secondary N) is 4. The number of fused-ring (bicyclic) bond motifs is 1. The molecule has 0 spiro atoms. The molecule has 220 valence electrons. The lowest BCUT2D eigenvalue weighted by Crippen LogP contribution is -2.37. The zero-order valence-electron chi connectivity index (χ0n) is 22.4. The molecular weight excluding hydrogens is 566 g/mol. The van der Waals surface area contributed by atoms with E-state index in [1.807, 2.05) is 23.7 Å². The Balaban J connectivity index is 1.65. The topological polar surface area (TPSA) is 123 Å². The number of anilines is 2. The van der Waals surface area contributed by atoms with Crippen LogP contribution in [-0.2, 0) is 21.4 Å². The zero-order valence-corrected chi connectivity index (χ0v) is 23.2. The van der Waals surface area contributed by atoms with Crippen LogP contribution in [0.15, 0.2) is 41.3 Å². The van der Waals surface area contributed by atoms with E-state index < -0.39 is 73.6 Å². The van der Waals surface area contributed by atoms with Gasteiger partial charge in [0.2, 0.25) is 5.91 Å². The fourth-order valence-electron chi connectivity index (χ4n) is 4.52. The molecule has 0 aliphatic carbocycles. The lowest BCUT2D eigenvalue weighted by molar-refractivity contribution is -0.123. The lowest BCUT2D eigenvalue weighted by Gasteiger charge is -2.16. The van der Waals surface area contributed by atoms with Gasteiger partial charge in [-0.05, 0) is 69.4 Å². The highest BCUT2D eigenvalue weighted by molar-refractivity contribution is 7.92. The Morgan fingerprint density at radius 1 is 1.07 bits per heavy atom. The Labute approximate surface area is 234 Å². The molecule has 0 saturated carbocycles. The van der Waals surface area contributed by atoms with Gasteiger partial charge in [0.15, 0.2) is 11.6 Å². The summed E-state index contributed by atoms with van der Waals surface area (Å²) in [5, 5.41) is 12.2. The summed E-state index contributed by atoms with van der Waals surface area (Å²) in [6.07, 6.45) is 0.694. The van der Waals surface area contributed by atoms with Crippen molar-refractivity contribution < 1.29 is 35.9 Å². The second kappa shape index (κ2) is 12.0. The molecule has 9 nitrogen and oxygen atoms in total. The van der Waals surface area contributed by atoms with Crippen molar-refractivity contribution in [3.05, 3.63) is 76.4 Å². The van der Waals surface area contributed by atoms with Gasteiger partial charge < -0.3 is 20.7 Å². The number of hydrogen-bond donors (Lipinski definition) is 5. The van der Waals surface area contributed by atoms with Gasteiger partial charge >= 0.3 is 0 Å². The molecule has 1 unspecified atom stereocenters. The molecule has 0 radical (unpaired) electrons. The summed E-state index contributed by atoms with van der Waals surface area (Å²) < 4.78 is 88.1. The number of aliphatic hydroxyl groups excluding tert-OH is 1. The summed E-state index contributed by atoms with van der Waals surface area (Å²) >= 11 is 0. The van der Waals surface area contributed by atoms with Crippen molar-refractivity contribution >= 4 is 27.3 Å². The maximum Gasteiger partial charge on any atom is 0.262 e. The van der Waals surface area contributed by atoms with Crippen molar-refractivity contribution in [1.82, 2.24) is 15.6 Å². The molecule has 3 aromatic carbocycles. The number of hydrogen-bond acceptors (Lipinski definition) is 7. The SMILES string of the molecule is Cc1c(CO)cc(F)cc1S(=O)(=O)Nc1ccc(F)c(-c2ccc3c(c2F)NNC3C(=O)NCCCN(C)C)c1F. The molecule has 1 aliphatic heterocycles. The van der Waals surface area contributed by atoms with Gasteiger partial charge in [0.1, 0.15) is 17.7 Å². The van der Waals surface area contributed by atoms with Crippen molar-refractivity contribution in [2.75, 3.05) is 37.3 Å². The van der Waals surface area contributed by atoms with E-state index in [0.29, 0.717) is 19.0 Å². The number of benzene rings is 3. The maximum absolute atomic E-state index is 15.6. The van der Waals surface area contributed by atoms with Gasteiger partial charge in [-0.15, -0.1) is 0 Å². The van der Waals surface area contributed by atoms with Crippen LogP contribution in [0.4, 0.5) is 28.9 Å². The van der Waals surface area contributed by atoms with Crippen molar-refractivity contribution in [2.45, 2.75) is 30.9 Å². The van der Waals surface area contributed by atoms with Crippen LogP contribution < -0.4 is 20.9 Å². The highest BCUT2D eigenvalue weighted by Crippen LogP contribution is 2.40. The van der Waals surface area contributed by atoms with E-state index in [2.05, 4.69) is 16.2 Å². The largest absolute Gasteiger partial charge is 0.392 e. The van der Waals surface area contributed by atoms with Crippen molar-refractivity contribution in [3.63, 3.8) is 0 Å². The predicted octanol–water partition coefficient (Wildman–Crippen LogP) is 3.55. The Kier molecular flexibility index (Phi) is 8.87. The Hall–Kier alpha value is -3.72. The minimum Gasteiger partial charge on any atom is -0.392 e. The maximum atomic E-state index is 15.6. The van der Waals surface area contributed by atoms with E-state index in [4.69, 9.17) is 0 Å². The summed E-state index contributed by atoms with van der Waals surface area (Å²) in [6.45, 7) is 1.84. The van der Waals surface area contributed by atoms with Gasteiger partial charge in [-0.3, -0.25) is 9.52 Å². The van der Waals surface area contributed by atoms with Crippen molar-refractivity contribution in [3.8, 4) is 11.1 Å². The number of sulfonamides is 1. The van der Waals surface area contributed by atoms with Gasteiger partial charge in [-0.1, -0.05) is 12.1 Å². The van der Waals surface area contributed by atoms with Crippen LogP contribution in [0.5, 0.6) is 0 Å². The highest BCUT2D eigenvalue weighted by atomic mass is 32.2. The molecule has 0 fully saturated rings. The first-order valence-electron chi connectivity index (χ1n) is 12.5. The van der Waals surface area contributed by atoms with Gasteiger partial charge in [0.25, 0.3) is 10.0 Å². The molecule has 1 aliphatic rings. The third-order valence-corrected chi connectivity index (χ3v) is 8.16. The van der Waals surface area contributed by atoms with Crippen LogP contribution in [0.1, 0.15) is 29.2 Å². The molecule has 5 N–H and O–H groups in total. The van der Waals surface area contributed by atoms with Crippen LogP contribution in [0.3, 0.4) is 0 Å². The molecule has 1 heterocycles. The van der Waals surface area contributed by atoms with Crippen LogP contribution in [-0.4, -0.2) is 51.5 Å². The van der Waals surface area contributed by atoms with Gasteiger partial charge in [0.05, 0.1) is 28.4 Å². The molecule has 3 aromatic rings. The Morgan fingerprint density at radius 3 is 2.49 bits per heavy atom. The number of carbonyl (C=O) groups is 1. The van der Waals surface area contributed by atoms with Crippen molar-refractivity contribution in [1.29, 1.82) is 0 Å². The van der Waals surface area contributed by atoms with E-state index >= 15 is 8.78 Å². The van der Waals surface area contributed by atoms with E-state index in [0.717, 1.165) is 30.8 Å². The van der Waals surface area contributed by atoms with Crippen LogP contribution in [0.25, 0.3) is 11.1 Å². The Morgan fingerprint density at radius 2 is 1.80 bits per heavy atom. The standard InChI is InChI=1S/C27H29F4N5O4S/c1-14-15(13-37)11-16(28)12-21(14)41(39,40)35-20-8-7-19(29)22(24(20)31)17-5-6-18-25(23(17)30)33-34-26(18)27(38)32-9-4-10-36(2)3/h5-8,11-12,26,33-35,37H,4,9-10,13H2,1-3H3,(H,32,38). The number of amides is 1. The third kappa shape index (κ3) is 6.15. The quantitative estimate of drug-likeness (QED) is 0.180. The second-order valence-corrected chi connectivity index (χ2v) is 11.4. The molecule has 14 heteroatoms. The average molecular weight is 596 g/mol. The number of carbonyl (C=O) groups excluding carboxylic acids is 1. The molecule has 41 heavy (non-hydrogen) atoms. The number of aliphatic hydroxyl groups is 1. The highest BCUT2D eigenvalue weighted by Gasteiger charge is 2.33. The van der Waals surface area contributed by atoms with Crippen LogP contribution in [0.2, 0.25) is 0 Å². The molecule has 4 rings (SSSR count). The van der Waals surface area contributed by atoms with Crippen LogP contribution in [0, 0.1) is 30.2 Å². The normalized spacial score (nSPS) is 14.6. The molecule has 1 amide bonds. The van der Waals surface area contributed by atoms with Gasteiger partial charge in [-0.25, -0.2) is 31.4 Å². The average Bonchev–Trinajstić information content (AvgIpc) is 3.35. The first-order chi connectivity index (χ1) is 19.4.